The van der Waals surface area contributed by atoms with E-state index in [-0.39, 0.29) is 0 Å². The molecule has 0 aromatic rings. The van der Waals surface area contributed by atoms with E-state index in [2.05, 4.69) is 4.99 Å². The summed E-state index contributed by atoms with van der Waals surface area (Å²) >= 11 is 0. The molecule has 1 amide bonds. The fraction of sp³-hybridized carbons (Fsp3) is 0.250. The molecule has 0 atom stereocenters. The highest BCUT2D eigenvalue weighted by Crippen LogP contribution is 1.66. The van der Waals surface area contributed by atoms with Gasteiger partial charge in [-0.25, -0.2) is 9.79 Å². The van der Waals surface area contributed by atoms with E-state index in [0.29, 0.717) is 6.21 Å². The number of carboxylic acids is 1. The van der Waals surface area contributed by atoms with Crippen LogP contribution in [-0.4, -0.2) is 23.2 Å². The first-order chi connectivity index (χ1) is 3.63. The minimum absolute atomic E-state index is 0.507. The molecule has 0 aromatic heterocycles. The molecule has 0 heterocycles. The first-order valence-electron chi connectivity index (χ1n) is 1.90. The van der Waals surface area contributed by atoms with Crippen LogP contribution >= 0.6 is 0 Å². The third-order valence-electron chi connectivity index (χ3n) is 0.357. The monoisotopic (exact) mass is 115 g/mol. The summed E-state index contributed by atoms with van der Waals surface area (Å²) in [5, 5.41) is 7.86. The second-order valence-corrected chi connectivity index (χ2v) is 1.12. The Hall–Kier alpha value is -1.19. The number of carbonyl (C=O) groups excluding carboxylic acids is 1. The quantitative estimate of drug-likeness (QED) is 0.476. The van der Waals surface area contributed by atoms with Gasteiger partial charge in [0.15, 0.2) is 0 Å². The molecule has 0 saturated heterocycles. The first kappa shape index (κ1) is 6.81. The summed E-state index contributed by atoms with van der Waals surface area (Å²) in [6, 6.07) is 0. The number of rotatable bonds is 1. The Balaban J connectivity index is 3.67. The van der Waals surface area contributed by atoms with Crippen molar-refractivity contribution in [1.29, 1.82) is 0 Å². The lowest BCUT2D eigenvalue weighted by molar-refractivity contribution is -0.129. The van der Waals surface area contributed by atoms with Crippen molar-refractivity contribution in [1.82, 2.24) is 0 Å². The smallest absolute Gasteiger partial charge is 0.347 e. The predicted octanol–water partition coefficient (Wildman–Crippen LogP) is -0.312. The van der Waals surface area contributed by atoms with Crippen molar-refractivity contribution >= 4 is 18.1 Å². The first-order valence-corrected chi connectivity index (χ1v) is 1.90. The van der Waals surface area contributed by atoms with Crippen LogP contribution in [0.15, 0.2) is 4.99 Å². The van der Waals surface area contributed by atoms with Gasteiger partial charge in [0.1, 0.15) is 6.21 Å². The number of amides is 1. The van der Waals surface area contributed by atoms with Crippen molar-refractivity contribution in [2.75, 3.05) is 0 Å². The van der Waals surface area contributed by atoms with Crippen LogP contribution in [0.5, 0.6) is 0 Å². The van der Waals surface area contributed by atoms with Gasteiger partial charge in [0.05, 0.1) is 0 Å². The summed E-state index contributed by atoms with van der Waals surface area (Å²) in [6.45, 7) is 1.18. The maximum atomic E-state index is 9.89. The van der Waals surface area contributed by atoms with Crippen LogP contribution in [-0.2, 0) is 9.59 Å². The summed E-state index contributed by atoms with van der Waals surface area (Å²) in [6.07, 6.45) is 0.558. The standard InChI is InChI=1S/C4H5NO3/c1-3(6)5-2-4(7)8/h2H,1H3,(H,7,8)/b5-2+. The Bertz CT molecular complexity index is 122. The highest BCUT2D eigenvalue weighted by atomic mass is 16.4. The molecule has 8 heavy (non-hydrogen) atoms. The van der Waals surface area contributed by atoms with Crippen molar-refractivity contribution in [3.05, 3.63) is 0 Å². The summed E-state index contributed by atoms with van der Waals surface area (Å²) < 4.78 is 0. The molecule has 0 aromatic carbocycles. The van der Waals surface area contributed by atoms with E-state index in [1.807, 2.05) is 0 Å². The van der Waals surface area contributed by atoms with E-state index < -0.39 is 11.9 Å². The van der Waals surface area contributed by atoms with Crippen molar-refractivity contribution in [3.63, 3.8) is 0 Å². The number of hydrogen-bond acceptors (Lipinski definition) is 2. The Labute approximate surface area is 45.8 Å². The average Bonchev–Trinajstić information content (AvgIpc) is 1.61. The predicted molar refractivity (Wildman–Crippen MR) is 26.8 cm³/mol. The largest absolute Gasteiger partial charge is 0.477 e. The second-order valence-electron chi connectivity index (χ2n) is 1.12. The van der Waals surface area contributed by atoms with Crippen LogP contribution in [0.4, 0.5) is 0 Å². The van der Waals surface area contributed by atoms with Gasteiger partial charge in [0.2, 0.25) is 5.91 Å². The number of aliphatic imine (C=N–C) groups is 1. The van der Waals surface area contributed by atoms with Crippen LogP contribution in [0.2, 0.25) is 0 Å². The molecule has 0 aliphatic carbocycles. The molecule has 0 radical (unpaired) electrons. The fourth-order valence-electron chi connectivity index (χ4n) is 0.146. The summed E-state index contributed by atoms with van der Waals surface area (Å²) in [5.41, 5.74) is 0. The van der Waals surface area contributed by atoms with Gasteiger partial charge in [0, 0.05) is 6.92 Å². The summed E-state index contributed by atoms with van der Waals surface area (Å²) in [7, 11) is 0. The number of nitrogens with zero attached hydrogens (tertiary/aromatic N) is 1. The van der Waals surface area contributed by atoms with Crippen LogP contribution in [0, 0.1) is 0 Å². The molecule has 0 bridgehead atoms. The molecule has 0 unspecified atom stereocenters. The zero-order valence-electron chi connectivity index (χ0n) is 4.29. The Morgan fingerprint density at radius 3 is 2.25 bits per heavy atom. The van der Waals surface area contributed by atoms with Crippen molar-refractivity contribution in [2.24, 2.45) is 4.99 Å². The minimum Gasteiger partial charge on any atom is -0.477 e. The molecule has 0 fully saturated rings. The number of carboxylic acid groups (broad SMARTS) is 1. The van der Waals surface area contributed by atoms with E-state index in [9.17, 15) is 9.59 Å². The van der Waals surface area contributed by atoms with Crippen molar-refractivity contribution in [3.8, 4) is 0 Å². The zero-order valence-corrected chi connectivity index (χ0v) is 4.29. The van der Waals surface area contributed by atoms with Crippen LogP contribution in [0.1, 0.15) is 6.92 Å². The molecular formula is C4H5NO3. The maximum absolute atomic E-state index is 9.89. The molecule has 0 aliphatic heterocycles. The molecule has 0 spiro atoms. The van der Waals surface area contributed by atoms with Crippen molar-refractivity contribution < 1.29 is 14.7 Å². The average molecular weight is 115 g/mol. The maximum Gasteiger partial charge on any atom is 0.347 e. The lowest BCUT2D eigenvalue weighted by Crippen LogP contribution is -1.96. The molecule has 4 heteroatoms. The molecule has 0 rings (SSSR count). The third kappa shape index (κ3) is 4.81. The van der Waals surface area contributed by atoms with E-state index in [4.69, 9.17) is 5.11 Å². The topological polar surface area (TPSA) is 66.7 Å². The van der Waals surface area contributed by atoms with Gasteiger partial charge >= 0.3 is 5.97 Å². The normalized spacial score (nSPS) is 9.62. The molecule has 4 nitrogen and oxygen atoms in total. The summed E-state index contributed by atoms with van der Waals surface area (Å²) in [4.78, 5) is 22.4. The van der Waals surface area contributed by atoms with Crippen LogP contribution in [0.3, 0.4) is 0 Å². The SMILES string of the molecule is CC(=O)/N=C/C(=O)O. The van der Waals surface area contributed by atoms with Gasteiger partial charge in [-0.15, -0.1) is 0 Å². The van der Waals surface area contributed by atoms with Gasteiger partial charge in [-0.1, -0.05) is 0 Å². The lowest BCUT2D eigenvalue weighted by Gasteiger charge is -1.74. The van der Waals surface area contributed by atoms with E-state index in [1.165, 1.54) is 6.92 Å². The lowest BCUT2D eigenvalue weighted by atomic mass is 10.7. The highest BCUT2D eigenvalue weighted by Gasteiger charge is 1.86. The van der Waals surface area contributed by atoms with E-state index in [0.717, 1.165) is 0 Å². The van der Waals surface area contributed by atoms with Crippen LogP contribution < -0.4 is 0 Å². The number of aliphatic carboxylic acids is 1. The molecule has 1 N–H and O–H groups in total. The molecular weight excluding hydrogens is 110 g/mol. The molecule has 44 valence electrons. The third-order valence-corrected chi connectivity index (χ3v) is 0.357. The molecule has 0 saturated carbocycles. The van der Waals surface area contributed by atoms with Gasteiger partial charge in [-0.3, -0.25) is 4.79 Å². The van der Waals surface area contributed by atoms with E-state index in [1.54, 1.807) is 0 Å². The fourth-order valence-corrected chi connectivity index (χ4v) is 0.146. The Morgan fingerprint density at radius 2 is 2.12 bits per heavy atom. The highest BCUT2D eigenvalue weighted by molar-refractivity contribution is 6.24. The molecule has 0 aliphatic rings. The van der Waals surface area contributed by atoms with E-state index >= 15 is 0 Å². The summed E-state index contributed by atoms with van der Waals surface area (Å²) in [5.74, 6) is -1.72. The second kappa shape index (κ2) is 2.90. The minimum atomic E-state index is -1.21. The van der Waals surface area contributed by atoms with Crippen LogP contribution in [0.25, 0.3) is 0 Å². The van der Waals surface area contributed by atoms with Gasteiger partial charge < -0.3 is 5.11 Å². The van der Waals surface area contributed by atoms with Gasteiger partial charge in [-0.2, -0.15) is 0 Å². The zero-order chi connectivity index (χ0) is 6.57. The van der Waals surface area contributed by atoms with Gasteiger partial charge in [0.25, 0.3) is 0 Å². The number of hydrogen-bond donors (Lipinski definition) is 1. The van der Waals surface area contributed by atoms with Gasteiger partial charge in [-0.05, 0) is 0 Å². The Morgan fingerprint density at radius 1 is 1.62 bits per heavy atom. The number of carbonyl (C=O) groups is 2. The van der Waals surface area contributed by atoms with Crippen molar-refractivity contribution in [2.45, 2.75) is 6.92 Å². The Kier molecular flexibility index (Phi) is 2.47.